The van der Waals surface area contributed by atoms with Crippen LogP contribution in [0.25, 0.3) is 0 Å². The first kappa shape index (κ1) is 19.7. The SMILES string of the molecule is C[C@@H]1CCCC[NH+]1CCCNC(=O)CCNC(=O)c1ccc(Cl)cc1. The first-order chi connectivity index (χ1) is 12.1. The first-order valence-corrected chi connectivity index (χ1v) is 9.59. The molecule has 0 aliphatic carbocycles. The van der Waals surface area contributed by atoms with E-state index in [1.165, 1.54) is 25.8 Å². The number of quaternary nitrogens is 1. The van der Waals surface area contributed by atoms with E-state index >= 15 is 0 Å². The molecule has 1 aromatic carbocycles. The number of nitrogens with one attached hydrogen (secondary N) is 3. The second-order valence-electron chi connectivity index (χ2n) is 6.77. The minimum atomic E-state index is -0.188. The number of hydrogen-bond acceptors (Lipinski definition) is 2. The van der Waals surface area contributed by atoms with Gasteiger partial charge in [0.1, 0.15) is 0 Å². The summed E-state index contributed by atoms with van der Waals surface area (Å²) in [7, 11) is 0. The third-order valence-corrected chi connectivity index (χ3v) is 5.07. The number of benzene rings is 1. The van der Waals surface area contributed by atoms with Gasteiger partial charge in [-0.1, -0.05) is 11.6 Å². The number of carbonyl (C=O) groups excluding carboxylic acids is 2. The molecule has 5 nitrogen and oxygen atoms in total. The minimum Gasteiger partial charge on any atom is -0.356 e. The fraction of sp³-hybridized carbons (Fsp3) is 0.579. The van der Waals surface area contributed by atoms with Gasteiger partial charge >= 0.3 is 0 Å². The number of piperidine rings is 1. The average Bonchev–Trinajstić information content (AvgIpc) is 2.60. The van der Waals surface area contributed by atoms with Crippen molar-refractivity contribution in [3.05, 3.63) is 34.9 Å². The molecule has 0 aromatic heterocycles. The normalized spacial score (nSPS) is 20.1. The molecule has 6 heteroatoms. The van der Waals surface area contributed by atoms with E-state index in [0.717, 1.165) is 19.0 Å². The molecule has 1 saturated heterocycles. The van der Waals surface area contributed by atoms with Crippen molar-refractivity contribution in [2.75, 3.05) is 26.2 Å². The Hall–Kier alpha value is -1.59. The molecule has 0 bridgehead atoms. The van der Waals surface area contributed by atoms with Crippen LogP contribution in [0.15, 0.2) is 24.3 Å². The van der Waals surface area contributed by atoms with Crippen molar-refractivity contribution in [1.82, 2.24) is 10.6 Å². The molecule has 2 atom stereocenters. The second-order valence-corrected chi connectivity index (χ2v) is 7.21. The lowest BCUT2D eigenvalue weighted by Gasteiger charge is -2.30. The molecule has 1 heterocycles. The van der Waals surface area contributed by atoms with Gasteiger partial charge in [-0.2, -0.15) is 0 Å². The first-order valence-electron chi connectivity index (χ1n) is 9.21. The molecule has 138 valence electrons. The highest BCUT2D eigenvalue weighted by atomic mass is 35.5. The molecule has 25 heavy (non-hydrogen) atoms. The number of halogens is 1. The van der Waals surface area contributed by atoms with Gasteiger partial charge in [0.05, 0.1) is 19.1 Å². The Morgan fingerprint density at radius 2 is 1.92 bits per heavy atom. The van der Waals surface area contributed by atoms with Crippen molar-refractivity contribution in [1.29, 1.82) is 0 Å². The van der Waals surface area contributed by atoms with E-state index in [2.05, 4.69) is 17.6 Å². The molecular weight excluding hydrogens is 338 g/mol. The number of likely N-dealkylation sites (tertiary alicyclic amines) is 1. The van der Waals surface area contributed by atoms with Gasteiger partial charge in [-0.05, 0) is 50.5 Å². The molecule has 0 radical (unpaired) electrons. The van der Waals surface area contributed by atoms with Crippen LogP contribution < -0.4 is 15.5 Å². The van der Waals surface area contributed by atoms with Crippen molar-refractivity contribution < 1.29 is 14.5 Å². The Bertz CT molecular complexity index is 562. The number of amides is 2. The van der Waals surface area contributed by atoms with Crippen LogP contribution in [0, 0.1) is 0 Å². The van der Waals surface area contributed by atoms with E-state index in [9.17, 15) is 9.59 Å². The van der Waals surface area contributed by atoms with Gasteiger partial charge < -0.3 is 15.5 Å². The summed E-state index contributed by atoms with van der Waals surface area (Å²) >= 11 is 5.79. The quantitative estimate of drug-likeness (QED) is 0.609. The van der Waals surface area contributed by atoms with Crippen molar-refractivity contribution in [3.63, 3.8) is 0 Å². The molecular formula is C19H29ClN3O2+. The molecule has 3 N–H and O–H groups in total. The van der Waals surface area contributed by atoms with Gasteiger partial charge in [0.25, 0.3) is 5.91 Å². The van der Waals surface area contributed by atoms with E-state index < -0.39 is 0 Å². The fourth-order valence-electron chi connectivity index (χ4n) is 3.25. The molecule has 1 unspecified atom stereocenters. The van der Waals surface area contributed by atoms with Crippen LogP contribution in [0.4, 0.5) is 0 Å². The van der Waals surface area contributed by atoms with Crippen molar-refractivity contribution in [2.45, 2.75) is 45.1 Å². The lowest BCUT2D eigenvalue weighted by molar-refractivity contribution is -0.928. The average molecular weight is 367 g/mol. The van der Waals surface area contributed by atoms with Gasteiger partial charge in [0, 0.05) is 36.5 Å². The van der Waals surface area contributed by atoms with Crippen LogP contribution in [-0.2, 0) is 4.79 Å². The Morgan fingerprint density at radius 1 is 1.16 bits per heavy atom. The van der Waals surface area contributed by atoms with Crippen molar-refractivity contribution in [3.8, 4) is 0 Å². The maximum Gasteiger partial charge on any atom is 0.251 e. The summed E-state index contributed by atoms with van der Waals surface area (Å²) in [6, 6.07) is 7.43. The molecule has 0 spiro atoms. The summed E-state index contributed by atoms with van der Waals surface area (Å²) in [6.07, 6.45) is 5.28. The molecule has 2 amide bonds. The summed E-state index contributed by atoms with van der Waals surface area (Å²) in [5.41, 5.74) is 0.545. The second kappa shape index (κ2) is 10.4. The zero-order valence-corrected chi connectivity index (χ0v) is 15.7. The maximum atomic E-state index is 11.9. The number of rotatable bonds is 8. The summed E-state index contributed by atoms with van der Waals surface area (Å²) in [5, 5.41) is 6.28. The number of carbonyl (C=O) groups is 2. The van der Waals surface area contributed by atoms with Gasteiger partial charge in [0.15, 0.2) is 0 Å². The van der Waals surface area contributed by atoms with Gasteiger partial charge in [-0.15, -0.1) is 0 Å². The third-order valence-electron chi connectivity index (χ3n) is 4.82. The Kier molecular flexibility index (Phi) is 8.22. The summed E-state index contributed by atoms with van der Waals surface area (Å²) in [5.74, 6) is -0.203. The molecule has 1 fully saturated rings. The highest BCUT2D eigenvalue weighted by molar-refractivity contribution is 6.30. The largest absolute Gasteiger partial charge is 0.356 e. The standard InChI is InChI=1S/C19H28ClN3O2/c1-15-5-2-3-13-23(15)14-4-11-21-18(24)10-12-22-19(25)16-6-8-17(20)9-7-16/h6-9,15H,2-5,10-14H2,1H3,(H,21,24)(H,22,25)/p+1/t15-/m1/s1. The van der Waals surface area contributed by atoms with E-state index in [1.54, 1.807) is 29.2 Å². The molecule has 2 rings (SSSR count). The van der Waals surface area contributed by atoms with Crippen molar-refractivity contribution in [2.24, 2.45) is 0 Å². The Labute approximate surface area is 155 Å². The van der Waals surface area contributed by atoms with E-state index in [0.29, 0.717) is 30.1 Å². The Balaban J connectivity index is 1.55. The fourth-order valence-corrected chi connectivity index (χ4v) is 3.38. The predicted octanol–water partition coefficient (Wildman–Crippen LogP) is 1.42. The van der Waals surface area contributed by atoms with Crippen LogP contribution in [0.3, 0.4) is 0 Å². The summed E-state index contributed by atoms with van der Waals surface area (Å²) < 4.78 is 0. The third kappa shape index (κ3) is 7.04. The lowest BCUT2D eigenvalue weighted by Crippen LogP contribution is -3.16. The zero-order chi connectivity index (χ0) is 18.1. The van der Waals surface area contributed by atoms with E-state index in [-0.39, 0.29) is 11.8 Å². The van der Waals surface area contributed by atoms with E-state index in [4.69, 9.17) is 11.6 Å². The van der Waals surface area contributed by atoms with Crippen LogP contribution in [-0.4, -0.2) is 44.0 Å². The van der Waals surface area contributed by atoms with Crippen LogP contribution in [0.2, 0.25) is 5.02 Å². The Morgan fingerprint density at radius 3 is 2.64 bits per heavy atom. The lowest BCUT2D eigenvalue weighted by atomic mass is 10.0. The van der Waals surface area contributed by atoms with Crippen LogP contribution in [0.5, 0.6) is 0 Å². The van der Waals surface area contributed by atoms with Gasteiger partial charge in [-0.3, -0.25) is 9.59 Å². The monoisotopic (exact) mass is 366 g/mol. The molecule has 1 aliphatic heterocycles. The topological polar surface area (TPSA) is 62.6 Å². The molecule has 1 aromatic rings. The zero-order valence-electron chi connectivity index (χ0n) is 14.9. The predicted molar refractivity (Wildman–Crippen MR) is 100 cm³/mol. The maximum absolute atomic E-state index is 11.9. The summed E-state index contributed by atoms with van der Waals surface area (Å²) in [6.45, 7) is 5.74. The molecule has 1 aliphatic rings. The highest BCUT2D eigenvalue weighted by Gasteiger charge is 2.20. The van der Waals surface area contributed by atoms with Gasteiger partial charge in [0.2, 0.25) is 5.91 Å². The van der Waals surface area contributed by atoms with Crippen LogP contribution >= 0.6 is 11.6 Å². The van der Waals surface area contributed by atoms with Crippen LogP contribution in [0.1, 0.15) is 49.4 Å². The highest BCUT2D eigenvalue weighted by Crippen LogP contribution is 2.09. The molecule has 0 saturated carbocycles. The summed E-state index contributed by atoms with van der Waals surface area (Å²) in [4.78, 5) is 25.4. The van der Waals surface area contributed by atoms with E-state index in [1.807, 2.05) is 0 Å². The smallest absolute Gasteiger partial charge is 0.251 e. The minimum absolute atomic E-state index is 0.0156. The number of hydrogen-bond donors (Lipinski definition) is 3. The van der Waals surface area contributed by atoms with Gasteiger partial charge in [-0.25, -0.2) is 0 Å². The van der Waals surface area contributed by atoms with Crippen molar-refractivity contribution >= 4 is 23.4 Å².